The quantitative estimate of drug-likeness (QED) is 0.769. The molecule has 0 fully saturated rings. The second-order valence-corrected chi connectivity index (χ2v) is 4.90. The summed E-state index contributed by atoms with van der Waals surface area (Å²) in [5.41, 5.74) is 3.85. The number of rotatable bonds is 7. The standard InChI is InChI=1S/C16H25NO2/c1-5-17-15(11-16(18)19-6-2)10-14-8-7-12(3)9-13(14)4/h7-9,15,17H,5-6,10-11H2,1-4H3. The lowest BCUT2D eigenvalue weighted by molar-refractivity contribution is -0.143. The lowest BCUT2D eigenvalue weighted by Crippen LogP contribution is -2.34. The number of benzene rings is 1. The molecule has 0 aliphatic heterocycles. The summed E-state index contributed by atoms with van der Waals surface area (Å²) in [6.45, 7) is 9.41. The van der Waals surface area contributed by atoms with Crippen molar-refractivity contribution in [2.45, 2.75) is 46.6 Å². The summed E-state index contributed by atoms with van der Waals surface area (Å²) in [6.07, 6.45) is 1.29. The van der Waals surface area contributed by atoms with Crippen molar-refractivity contribution in [2.24, 2.45) is 0 Å². The highest BCUT2D eigenvalue weighted by Gasteiger charge is 2.15. The van der Waals surface area contributed by atoms with Crippen LogP contribution < -0.4 is 5.32 Å². The van der Waals surface area contributed by atoms with Crippen LogP contribution in [0.2, 0.25) is 0 Å². The molecule has 1 aromatic rings. The Bertz CT molecular complexity index is 415. The molecule has 0 aromatic heterocycles. The van der Waals surface area contributed by atoms with Crippen LogP contribution in [0, 0.1) is 13.8 Å². The van der Waals surface area contributed by atoms with Gasteiger partial charge in [-0.1, -0.05) is 30.7 Å². The van der Waals surface area contributed by atoms with Crippen LogP contribution in [0.15, 0.2) is 18.2 Å². The molecule has 3 heteroatoms. The first-order valence-electron chi connectivity index (χ1n) is 7.02. The molecule has 0 spiro atoms. The molecule has 106 valence electrons. The van der Waals surface area contributed by atoms with Gasteiger partial charge in [0.15, 0.2) is 0 Å². The maximum absolute atomic E-state index is 11.6. The van der Waals surface area contributed by atoms with E-state index >= 15 is 0 Å². The minimum absolute atomic E-state index is 0.127. The largest absolute Gasteiger partial charge is 0.466 e. The van der Waals surface area contributed by atoms with Gasteiger partial charge in [-0.3, -0.25) is 4.79 Å². The molecule has 0 aliphatic rings. The Morgan fingerprint density at radius 2 is 2.05 bits per heavy atom. The predicted molar refractivity (Wildman–Crippen MR) is 78.3 cm³/mol. The highest BCUT2D eigenvalue weighted by molar-refractivity contribution is 5.70. The molecule has 1 aromatic carbocycles. The van der Waals surface area contributed by atoms with Crippen molar-refractivity contribution in [1.29, 1.82) is 0 Å². The molecule has 1 atom stereocenters. The Kier molecular flexibility index (Phi) is 6.57. The Balaban J connectivity index is 2.69. The molecule has 0 amide bonds. The molecular weight excluding hydrogens is 238 g/mol. The molecule has 1 rings (SSSR count). The van der Waals surface area contributed by atoms with Crippen molar-refractivity contribution in [3.8, 4) is 0 Å². The molecule has 0 saturated heterocycles. The number of esters is 1. The summed E-state index contributed by atoms with van der Waals surface area (Å²) in [6, 6.07) is 6.60. The molecule has 0 aliphatic carbocycles. The lowest BCUT2D eigenvalue weighted by atomic mass is 9.97. The van der Waals surface area contributed by atoms with Crippen LogP contribution >= 0.6 is 0 Å². The minimum atomic E-state index is -0.127. The minimum Gasteiger partial charge on any atom is -0.466 e. The van der Waals surface area contributed by atoms with Crippen LogP contribution in [-0.2, 0) is 16.0 Å². The lowest BCUT2D eigenvalue weighted by Gasteiger charge is -2.18. The number of aryl methyl sites for hydroxylation is 2. The second kappa shape index (κ2) is 7.95. The van der Waals surface area contributed by atoms with E-state index in [1.807, 2.05) is 6.92 Å². The summed E-state index contributed by atoms with van der Waals surface area (Å²) in [5.74, 6) is -0.127. The Labute approximate surface area is 116 Å². The van der Waals surface area contributed by atoms with Gasteiger partial charge in [-0.15, -0.1) is 0 Å². The Morgan fingerprint density at radius 3 is 2.63 bits per heavy atom. The van der Waals surface area contributed by atoms with Crippen LogP contribution in [0.4, 0.5) is 0 Å². The van der Waals surface area contributed by atoms with Gasteiger partial charge in [0.05, 0.1) is 13.0 Å². The van der Waals surface area contributed by atoms with E-state index < -0.39 is 0 Å². The summed E-state index contributed by atoms with van der Waals surface area (Å²) >= 11 is 0. The molecule has 1 N–H and O–H groups in total. The summed E-state index contributed by atoms with van der Waals surface area (Å²) in [4.78, 5) is 11.6. The van der Waals surface area contributed by atoms with Crippen LogP contribution in [-0.4, -0.2) is 25.2 Å². The normalized spacial score (nSPS) is 12.2. The van der Waals surface area contributed by atoms with Crippen LogP contribution in [0.1, 0.15) is 37.0 Å². The van der Waals surface area contributed by atoms with Gasteiger partial charge in [0.1, 0.15) is 0 Å². The number of hydrogen-bond acceptors (Lipinski definition) is 3. The van der Waals surface area contributed by atoms with Gasteiger partial charge < -0.3 is 10.1 Å². The highest BCUT2D eigenvalue weighted by atomic mass is 16.5. The first-order valence-corrected chi connectivity index (χ1v) is 7.02. The van der Waals surface area contributed by atoms with Gasteiger partial charge in [0, 0.05) is 6.04 Å². The average Bonchev–Trinajstić information content (AvgIpc) is 2.33. The zero-order valence-corrected chi connectivity index (χ0v) is 12.5. The van der Waals surface area contributed by atoms with Crippen LogP contribution in [0.5, 0.6) is 0 Å². The van der Waals surface area contributed by atoms with Crippen molar-refractivity contribution in [3.05, 3.63) is 34.9 Å². The third-order valence-corrected chi connectivity index (χ3v) is 3.18. The fraction of sp³-hybridized carbons (Fsp3) is 0.562. The maximum atomic E-state index is 11.6. The Morgan fingerprint density at radius 1 is 1.32 bits per heavy atom. The SMILES string of the molecule is CCNC(CC(=O)OCC)Cc1ccc(C)cc1C. The fourth-order valence-corrected chi connectivity index (χ4v) is 2.27. The van der Waals surface area contributed by atoms with Crippen LogP contribution in [0.3, 0.4) is 0 Å². The number of carbonyl (C=O) groups is 1. The number of ether oxygens (including phenoxy) is 1. The van der Waals surface area contributed by atoms with Crippen molar-refractivity contribution in [1.82, 2.24) is 5.32 Å². The van der Waals surface area contributed by atoms with Crippen molar-refractivity contribution in [2.75, 3.05) is 13.2 Å². The van der Waals surface area contributed by atoms with Gasteiger partial charge in [0.2, 0.25) is 0 Å². The fourth-order valence-electron chi connectivity index (χ4n) is 2.27. The topological polar surface area (TPSA) is 38.3 Å². The van der Waals surface area contributed by atoms with E-state index in [2.05, 4.69) is 44.3 Å². The molecule has 0 bridgehead atoms. The molecule has 3 nitrogen and oxygen atoms in total. The maximum Gasteiger partial charge on any atom is 0.307 e. The number of likely N-dealkylation sites (N-methyl/N-ethyl adjacent to an activating group) is 1. The first kappa shape index (κ1) is 15.7. The van der Waals surface area contributed by atoms with Gasteiger partial charge in [-0.25, -0.2) is 0 Å². The molecule has 19 heavy (non-hydrogen) atoms. The van der Waals surface area contributed by atoms with E-state index in [4.69, 9.17) is 4.74 Å². The van der Waals surface area contributed by atoms with Crippen LogP contribution in [0.25, 0.3) is 0 Å². The first-order chi connectivity index (χ1) is 9.06. The van der Waals surface area contributed by atoms with E-state index in [0.29, 0.717) is 13.0 Å². The zero-order chi connectivity index (χ0) is 14.3. The van der Waals surface area contributed by atoms with E-state index in [0.717, 1.165) is 13.0 Å². The Hall–Kier alpha value is -1.35. The summed E-state index contributed by atoms with van der Waals surface area (Å²) < 4.78 is 5.03. The molecule has 1 unspecified atom stereocenters. The zero-order valence-electron chi connectivity index (χ0n) is 12.5. The van der Waals surface area contributed by atoms with Gasteiger partial charge in [0.25, 0.3) is 0 Å². The molecule has 0 radical (unpaired) electrons. The molecular formula is C16H25NO2. The summed E-state index contributed by atoms with van der Waals surface area (Å²) in [5, 5.41) is 3.36. The molecule has 0 heterocycles. The van der Waals surface area contributed by atoms with Gasteiger partial charge >= 0.3 is 5.97 Å². The van der Waals surface area contributed by atoms with Crippen molar-refractivity contribution < 1.29 is 9.53 Å². The van der Waals surface area contributed by atoms with E-state index in [1.165, 1.54) is 16.7 Å². The van der Waals surface area contributed by atoms with Gasteiger partial charge in [-0.2, -0.15) is 0 Å². The number of hydrogen-bond donors (Lipinski definition) is 1. The predicted octanol–water partition coefficient (Wildman–Crippen LogP) is 2.78. The van der Waals surface area contributed by atoms with Crippen molar-refractivity contribution in [3.63, 3.8) is 0 Å². The third-order valence-electron chi connectivity index (χ3n) is 3.18. The van der Waals surface area contributed by atoms with Gasteiger partial charge in [-0.05, 0) is 44.9 Å². The van der Waals surface area contributed by atoms with E-state index in [1.54, 1.807) is 0 Å². The van der Waals surface area contributed by atoms with E-state index in [-0.39, 0.29) is 12.0 Å². The smallest absolute Gasteiger partial charge is 0.307 e. The van der Waals surface area contributed by atoms with E-state index in [9.17, 15) is 4.79 Å². The third kappa shape index (κ3) is 5.43. The molecule has 0 saturated carbocycles. The number of carbonyl (C=O) groups excluding carboxylic acids is 1. The average molecular weight is 263 g/mol. The highest BCUT2D eigenvalue weighted by Crippen LogP contribution is 2.14. The monoisotopic (exact) mass is 263 g/mol. The van der Waals surface area contributed by atoms with Crippen molar-refractivity contribution >= 4 is 5.97 Å². The second-order valence-electron chi connectivity index (χ2n) is 4.90. The number of nitrogens with one attached hydrogen (secondary N) is 1. The summed E-state index contributed by atoms with van der Waals surface area (Å²) in [7, 11) is 0.